The third-order valence-corrected chi connectivity index (χ3v) is 6.65. The molecule has 0 fully saturated rings. The van der Waals surface area contributed by atoms with Crippen molar-refractivity contribution in [2.24, 2.45) is 5.73 Å². The van der Waals surface area contributed by atoms with E-state index in [4.69, 9.17) is 19.9 Å². The lowest BCUT2D eigenvalue weighted by molar-refractivity contribution is 0.0733. The number of ether oxygens (including phenoxy) is 3. The van der Waals surface area contributed by atoms with E-state index in [1.165, 1.54) is 0 Å². The first-order valence-corrected chi connectivity index (χ1v) is 12.3. The summed E-state index contributed by atoms with van der Waals surface area (Å²) in [6, 6.07) is 31.7. The van der Waals surface area contributed by atoms with E-state index >= 15 is 0 Å². The van der Waals surface area contributed by atoms with Crippen molar-refractivity contribution >= 4 is 21.9 Å². The van der Waals surface area contributed by atoms with Crippen molar-refractivity contribution in [3.63, 3.8) is 0 Å². The standard InChI is InChI=1S/C30H21BrN2O4/c31-26-9-5-4-8-23(26)30(34)36-22-14-15-24-27(16-22)37-29(33)25(17-32)28(24)20-10-12-21(13-11-20)35-18-19-6-2-1-3-7-19/h1-16,28H,18,33H2. The monoisotopic (exact) mass is 552 g/mol. The molecule has 0 amide bonds. The van der Waals surface area contributed by atoms with Crippen LogP contribution in [0.15, 0.2) is 113 Å². The number of hydrogen-bond acceptors (Lipinski definition) is 6. The SMILES string of the molecule is N#CC1=C(N)Oc2cc(OC(=O)c3ccccc3Br)ccc2C1c1ccc(OCc2ccccc2)cc1. The van der Waals surface area contributed by atoms with Crippen LogP contribution >= 0.6 is 15.9 Å². The summed E-state index contributed by atoms with van der Waals surface area (Å²) in [6.45, 7) is 0.456. The summed E-state index contributed by atoms with van der Waals surface area (Å²) in [5, 5.41) is 9.84. The zero-order valence-electron chi connectivity index (χ0n) is 19.6. The second-order valence-electron chi connectivity index (χ2n) is 8.34. The number of fused-ring (bicyclic) bond motifs is 1. The van der Waals surface area contributed by atoms with Crippen LogP contribution in [-0.4, -0.2) is 5.97 Å². The second-order valence-corrected chi connectivity index (χ2v) is 9.19. The van der Waals surface area contributed by atoms with E-state index in [1.54, 1.807) is 36.4 Å². The molecule has 1 atom stereocenters. The largest absolute Gasteiger partial charge is 0.489 e. The van der Waals surface area contributed by atoms with E-state index in [0.29, 0.717) is 39.5 Å². The van der Waals surface area contributed by atoms with Gasteiger partial charge in [-0.3, -0.25) is 0 Å². The van der Waals surface area contributed by atoms with Crippen LogP contribution in [0.5, 0.6) is 17.2 Å². The molecule has 1 unspecified atom stereocenters. The number of esters is 1. The molecule has 1 aliphatic rings. The lowest BCUT2D eigenvalue weighted by Crippen LogP contribution is -2.21. The van der Waals surface area contributed by atoms with Gasteiger partial charge >= 0.3 is 5.97 Å². The van der Waals surface area contributed by atoms with Gasteiger partial charge in [-0.15, -0.1) is 0 Å². The van der Waals surface area contributed by atoms with Gasteiger partial charge in [0.1, 0.15) is 35.5 Å². The van der Waals surface area contributed by atoms with E-state index in [2.05, 4.69) is 22.0 Å². The van der Waals surface area contributed by atoms with Crippen LogP contribution in [0.25, 0.3) is 0 Å². The lowest BCUT2D eigenvalue weighted by atomic mass is 9.83. The predicted molar refractivity (Wildman–Crippen MR) is 142 cm³/mol. The fourth-order valence-electron chi connectivity index (χ4n) is 4.13. The van der Waals surface area contributed by atoms with Gasteiger partial charge < -0.3 is 19.9 Å². The molecule has 0 spiro atoms. The number of nitriles is 1. The average molecular weight is 553 g/mol. The maximum Gasteiger partial charge on any atom is 0.344 e. The highest BCUT2D eigenvalue weighted by atomic mass is 79.9. The zero-order valence-corrected chi connectivity index (χ0v) is 21.1. The van der Waals surface area contributed by atoms with E-state index < -0.39 is 11.9 Å². The molecular formula is C30H21BrN2O4. The third-order valence-electron chi connectivity index (χ3n) is 5.96. The smallest absolute Gasteiger partial charge is 0.344 e. The molecule has 0 aromatic heterocycles. The van der Waals surface area contributed by atoms with E-state index in [0.717, 1.165) is 16.7 Å². The van der Waals surface area contributed by atoms with Crippen molar-refractivity contribution in [3.8, 4) is 23.3 Å². The lowest BCUT2D eigenvalue weighted by Gasteiger charge is -2.27. The Hall–Kier alpha value is -4.54. The Kier molecular flexibility index (Phi) is 6.93. The molecule has 37 heavy (non-hydrogen) atoms. The molecule has 1 aliphatic heterocycles. The Morgan fingerprint density at radius 1 is 0.946 bits per heavy atom. The van der Waals surface area contributed by atoms with Crippen molar-refractivity contribution in [1.29, 1.82) is 5.26 Å². The Bertz CT molecular complexity index is 1530. The van der Waals surface area contributed by atoms with Crippen molar-refractivity contribution < 1.29 is 19.0 Å². The molecule has 182 valence electrons. The summed E-state index contributed by atoms with van der Waals surface area (Å²) in [5.41, 5.74) is 9.51. The fourth-order valence-corrected chi connectivity index (χ4v) is 4.57. The number of carbonyl (C=O) groups excluding carboxylic acids is 1. The van der Waals surface area contributed by atoms with E-state index in [9.17, 15) is 10.1 Å². The minimum atomic E-state index is -0.507. The quantitative estimate of drug-likeness (QED) is 0.217. The molecule has 0 radical (unpaired) electrons. The van der Waals surface area contributed by atoms with Crippen LogP contribution in [0.1, 0.15) is 33.0 Å². The van der Waals surface area contributed by atoms with Gasteiger partial charge in [-0.05, 0) is 57.4 Å². The summed E-state index contributed by atoms with van der Waals surface area (Å²) in [6.07, 6.45) is 0. The van der Waals surface area contributed by atoms with E-state index in [1.807, 2.05) is 60.7 Å². The fraction of sp³-hybridized carbons (Fsp3) is 0.0667. The Morgan fingerprint density at radius 2 is 1.65 bits per heavy atom. The summed E-state index contributed by atoms with van der Waals surface area (Å²) in [4.78, 5) is 12.6. The van der Waals surface area contributed by atoms with Gasteiger partial charge in [-0.2, -0.15) is 5.26 Å². The minimum Gasteiger partial charge on any atom is -0.489 e. The molecule has 0 bridgehead atoms. The van der Waals surface area contributed by atoms with Gasteiger partial charge in [0.15, 0.2) is 0 Å². The maximum absolute atomic E-state index is 12.6. The number of carbonyl (C=O) groups is 1. The van der Waals surface area contributed by atoms with Crippen LogP contribution in [0.2, 0.25) is 0 Å². The molecule has 7 heteroatoms. The number of rotatable bonds is 6. The highest BCUT2D eigenvalue weighted by Gasteiger charge is 2.31. The topological polar surface area (TPSA) is 94.6 Å². The zero-order chi connectivity index (χ0) is 25.8. The summed E-state index contributed by atoms with van der Waals surface area (Å²) < 4.78 is 17.9. The Labute approximate surface area is 222 Å². The summed E-state index contributed by atoms with van der Waals surface area (Å²) in [7, 11) is 0. The second kappa shape index (κ2) is 10.6. The summed E-state index contributed by atoms with van der Waals surface area (Å²) in [5.74, 6) is 0.500. The normalized spacial score (nSPS) is 14.2. The first-order chi connectivity index (χ1) is 18.0. The van der Waals surface area contributed by atoms with Crippen LogP contribution < -0.4 is 19.9 Å². The van der Waals surface area contributed by atoms with Crippen LogP contribution in [0.4, 0.5) is 0 Å². The van der Waals surface area contributed by atoms with Gasteiger partial charge in [0, 0.05) is 16.1 Å². The maximum atomic E-state index is 12.6. The molecule has 4 aromatic carbocycles. The minimum absolute atomic E-state index is 0.0127. The number of hydrogen-bond donors (Lipinski definition) is 1. The number of benzene rings is 4. The number of nitrogens with two attached hydrogens (primary N) is 1. The van der Waals surface area contributed by atoms with Crippen molar-refractivity contribution in [2.45, 2.75) is 12.5 Å². The molecule has 0 aliphatic carbocycles. The van der Waals surface area contributed by atoms with Crippen molar-refractivity contribution in [2.75, 3.05) is 0 Å². The number of allylic oxidation sites excluding steroid dienone is 1. The molecule has 0 saturated heterocycles. The first-order valence-electron chi connectivity index (χ1n) is 11.5. The van der Waals surface area contributed by atoms with Crippen molar-refractivity contribution in [1.82, 2.24) is 0 Å². The first kappa shape index (κ1) is 24.2. The van der Waals surface area contributed by atoms with Gasteiger partial charge in [-0.1, -0.05) is 60.7 Å². The highest BCUT2D eigenvalue weighted by Crippen LogP contribution is 2.43. The Balaban J connectivity index is 1.39. The number of nitrogens with zero attached hydrogens (tertiary/aromatic N) is 1. The van der Waals surface area contributed by atoms with Gasteiger partial charge in [0.2, 0.25) is 5.88 Å². The van der Waals surface area contributed by atoms with Gasteiger partial charge in [-0.25, -0.2) is 4.79 Å². The molecule has 0 saturated carbocycles. The van der Waals surface area contributed by atoms with Crippen LogP contribution in [0, 0.1) is 11.3 Å². The van der Waals surface area contributed by atoms with Crippen LogP contribution in [0.3, 0.4) is 0 Å². The van der Waals surface area contributed by atoms with E-state index in [-0.39, 0.29) is 5.88 Å². The Morgan fingerprint density at radius 3 is 2.38 bits per heavy atom. The van der Waals surface area contributed by atoms with Gasteiger partial charge in [0.25, 0.3) is 0 Å². The number of halogens is 1. The summed E-state index contributed by atoms with van der Waals surface area (Å²) >= 11 is 3.37. The third kappa shape index (κ3) is 5.20. The van der Waals surface area contributed by atoms with Crippen molar-refractivity contribution in [3.05, 3.63) is 135 Å². The molecule has 1 heterocycles. The predicted octanol–water partition coefficient (Wildman–Crippen LogP) is 6.47. The molecule has 5 rings (SSSR count). The molecular weight excluding hydrogens is 532 g/mol. The highest BCUT2D eigenvalue weighted by molar-refractivity contribution is 9.10. The van der Waals surface area contributed by atoms with Gasteiger partial charge in [0.05, 0.1) is 11.5 Å². The molecule has 6 nitrogen and oxygen atoms in total. The van der Waals surface area contributed by atoms with Crippen LogP contribution in [-0.2, 0) is 6.61 Å². The average Bonchev–Trinajstić information content (AvgIpc) is 2.92. The molecule has 2 N–H and O–H groups in total. The molecule has 4 aromatic rings.